The van der Waals surface area contributed by atoms with Crippen LogP contribution in [0.25, 0.3) is 17.1 Å². The Bertz CT molecular complexity index is 769. The molecule has 0 atom stereocenters. The Kier molecular flexibility index (Phi) is 3.92. The van der Waals surface area contributed by atoms with Gasteiger partial charge in [-0.25, -0.2) is 0 Å². The molecule has 2 N–H and O–H groups in total. The van der Waals surface area contributed by atoms with E-state index in [1.54, 1.807) is 12.1 Å². The molecule has 4 nitrogen and oxygen atoms in total. The zero-order chi connectivity index (χ0) is 14.8. The van der Waals surface area contributed by atoms with Crippen LogP contribution >= 0.6 is 23.2 Å². The van der Waals surface area contributed by atoms with Gasteiger partial charge in [0.25, 0.3) is 0 Å². The minimum atomic E-state index is 0.285. The smallest absolute Gasteiger partial charge is 0.170 e. The van der Waals surface area contributed by atoms with Crippen molar-refractivity contribution in [3.63, 3.8) is 0 Å². The molecule has 0 aliphatic rings. The topological polar surface area (TPSA) is 56.7 Å². The summed E-state index contributed by atoms with van der Waals surface area (Å²) in [6.07, 6.45) is 0. The summed E-state index contributed by atoms with van der Waals surface area (Å²) in [7, 11) is 0. The molecule has 0 saturated carbocycles. The van der Waals surface area contributed by atoms with Crippen LogP contribution in [0.5, 0.6) is 0 Å². The van der Waals surface area contributed by atoms with Gasteiger partial charge in [0.2, 0.25) is 0 Å². The van der Waals surface area contributed by atoms with Crippen LogP contribution in [0.2, 0.25) is 10.0 Å². The number of hydrogen-bond donors (Lipinski definition) is 1. The lowest BCUT2D eigenvalue weighted by Crippen LogP contribution is -2.07. The minimum Gasteiger partial charge on any atom is -0.324 e. The number of para-hydroxylation sites is 1. The standard InChI is InChI=1S/C15H12Cl2N4/c16-10-6-7-12(13(17)8-10)15-20-19-14(9-18)21(15)11-4-2-1-3-5-11/h1-8H,9,18H2. The molecule has 0 aliphatic heterocycles. The molecule has 21 heavy (non-hydrogen) atoms. The number of halogens is 2. The number of aromatic nitrogens is 3. The van der Waals surface area contributed by atoms with E-state index in [1.165, 1.54) is 0 Å². The fraction of sp³-hybridized carbons (Fsp3) is 0.0667. The molecule has 1 heterocycles. The number of rotatable bonds is 3. The SMILES string of the molecule is NCc1nnc(-c2ccc(Cl)cc2Cl)n1-c1ccccc1. The van der Waals surface area contributed by atoms with E-state index in [0.29, 0.717) is 21.7 Å². The second-order valence-electron chi connectivity index (χ2n) is 4.44. The van der Waals surface area contributed by atoms with Gasteiger partial charge in [0.1, 0.15) is 0 Å². The maximum absolute atomic E-state index is 6.28. The molecule has 0 bridgehead atoms. The average Bonchev–Trinajstić information content (AvgIpc) is 2.92. The summed E-state index contributed by atoms with van der Waals surface area (Å²) in [6.45, 7) is 0.285. The molecule has 0 unspecified atom stereocenters. The van der Waals surface area contributed by atoms with Gasteiger partial charge in [-0.3, -0.25) is 4.57 Å². The summed E-state index contributed by atoms with van der Waals surface area (Å²) in [6, 6.07) is 15.1. The Morgan fingerprint density at radius 3 is 2.43 bits per heavy atom. The van der Waals surface area contributed by atoms with E-state index in [-0.39, 0.29) is 6.54 Å². The lowest BCUT2D eigenvalue weighted by molar-refractivity contribution is 0.861. The molecule has 0 amide bonds. The van der Waals surface area contributed by atoms with Crippen molar-refractivity contribution in [1.29, 1.82) is 0 Å². The van der Waals surface area contributed by atoms with Crippen molar-refractivity contribution in [2.45, 2.75) is 6.54 Å². The van der Waals surface area contributed by atoms with Crippen LogP contribution in [0, 0.1) is 0 Å². The number of benzene rings is 2. The first-order valence-corrected chi connectivity index (χ1v) is 7.11. The average molecular weight is 319 g/mol. The Morgan fingerprint density at radius 1 is 1.00 bits per heavy atom. The van der Waals surface area contributed by atoms with Crippen LogP contribution in [0.3, 0.4) is 0 Å². The first-order valence-electron chi connectivity index (χ1n) is 6.36. The molecule has 0 saturated heterocycles. The Hall–Kier alpha value is -1.88. The van der Waals surface area contributed by atoms with Crippen molar-refractivity contribution in [3.8, 4) is 17.1 Å². The van der Waals surface area contributed by atoms with Crippen LogP contribution < -0.4 is 5.73 Å². The van der Waals surface area contributed by atoms with Crippen LogP contribution in [0.4, 0.5) is 0 Å². The van der Waals surface area contributed by atoms with E-state index >= 15 is 0 Å². The third-order valence-electron chi connectivity index (χ3n) is 3.10. The molecule has 0 fully saturated rings. The number of nitrogens with zero attached hydrogens (tertiary/aromatic N) is 3. The van der Waals surface area contributed by atoms with Gasteiger partial charge in [-0.2, -0.15) is 0 Å². The van der Waals surface area contributed by atoms with E-state index in [2.05, 4.69) is 10.2 Å². The predicted octanol–water partition coefficient (Wildman–Crippen LogP) is 3.70. The van der Waals surface area contributed by atoms with Gasteiger partial charge in [0, 0.05) is 16.3 Å². The molecule has 3 aromatic rings. The van der Waals surface area contributed by atoms with Crippen LogP contribution in [-0.2, 0) is 6.54 Å². The second-order valence-corrected chi connectivity index (χ2v) is 5.28. The normalized spacial score (nSPS) is 10.8. The van der Waals surface area contributed by atoms with Gasteiger partial charge in [0.15, 0.2) is 11.6 Å². The zero-order valence-corrected chi connectivity index (χ0v) is 12.5. The fourth-order valence-corrected chi connectivity index (χ4v) is 2.64. The Labute approximate surface area is 132 Å². The van der Waals surface area contributed by atoms with E-state index in [1.807, 2.05) is 41.0 Å². The molecule has 0 radical (unpaired) electrons. The van der Waals surface area contributed by atoms with Crippen molar-refractivity contribution in [2.24, 2.45) is 5.73 Å². The second kappa shape index (κ2) is 5.85. The predicted molar refractivity (Wildman–Crippen MR) is 84.7 cm³/mol. The van der Waals surface area contributed by atoms with Gasteiger partial charge in [0.05, 0.1) is 11.6 Å². The van der Waals surface area contributed by atoms with Gasteiger partial charge in [-0.05, 0) is 30.3 Å². The van der Waals surface area contributed by atoms with Crippen molar-refractivity contribution < 1.29 is 0 Å². The maximum Gasteiger partial charge on any atom is 0.170 e. The molecule has 1 aromatic heterocycles. The first-order chi connectivity index (χ1) is 10.2. The molecular formula is C15H12Cl2N4. The molecule has 3 rings (SSSR count). The van der Waals surface area contributed by atoms with E-state index in [4.69, 9.17) is 28.9 Å². The van der Waals surface area contributed by atoms with Gasteiger partial charge < -0.3 is 5.73 Å². The molecule has 2 aromatic carbocycles. The summed E-state index contributed by atoms with van der Waals surface area (Å²) < 4.78 is 1.90. The summed E-state index contributed by atoms with van der Waals surface area (Å²) in [5, 5.41) is 9.48. The van der Waals surface area contributed by atoms with E-state index < -0.39 is 0 Å². The monoisotopic (exact) mass is 318 g/mol. The van der Waals surface area contributed by atoms with E-state index in [9.17, 15) is 0 Å². The minimum absolute atomic E-state index is 0.285. The van der Waals surface area contributed by atoms with E-state index in [0.717, 1.165) is 11.3 Å². The summed E-state index contributed by atoms with van der Waals surface area (Å²) in [5.74, 6) is 1.31. The third kappa shape index (κ3) is 2.65. The fourth-order valence-electron chi connectivity index (χ4n) is 2.14. The largest absolute Gasteiger partial charge is 0.324 e. The molecule has 106 valence electrons. The maximum atomic E-state index is 6.28. The van der Waals surface area contributed by atoms with Crippen molar-refractivity contribution in [3.05, 3.63) is 64.4 Å². The molecular weight excluding hydrogens is 307 g/mol. The number of nitrogens with two attached hydrogens (primary N) is 1. The van der Waals surface area contributed by atoms with Crippen LogP contribution in [0.15, 0.2) is 48.5 Å². The van der Waals surface area contributed by atoms with Crippen molar-refractivity contribution in [2.75, 3.05) is 0 Å². The Morgan fingerprint density at radius 2 is 1.76 bits per heavy atom. The molecule has 0 aliphatic carbocycles. The third-order valence-corrected chi connectivity index (χ3v) is 3.65. The lowest BCUT2D eigenvalue weighted by Gasteiger charge is -2.10. The molecule has 0 spiro atoms. The highest BCUT2D eigenvalue weighted by molar-refractivity contribution is 6.36. The highest BCUT2D eigenvalue weighted by atomic mass is 35.5. The van der Waals surface area contributed by atoms with Crippen LogP contribution in [-0.4, -0.2) is 14.8 Å². The summed E-state index contributed by atoms with van der Waals surface area (Å²) in [4.78, 5) is 0. The summed E-state index contributed by atoms with van der Waals surface area (Å²) in [5.41, 5.74) is 7.46. The zero-order valence-electron chi connectivity index (χ0n) is 11.0. The Balaban J connectivity index is 2.22. The highest BCUT2D eigenvalue weighted by Crippen LogP contribution is 2.31. The van der Waals surface area contributed by atoms with Gasteiger partial charge in [-0.15, -0.1) is 10.2 Å². The number of hydrogen-bond acceptors (Lipinski definition) is 3. The highest BCUT2D eigenvalue weighted by Gasteiger charge is 2.16. The molecule has 6 heteroatoms. The van der Waals surface area contributed by atoms with Crippen molar-refractivity contribution in [1.82, 2.24) is 14.8 Å². The van der Waals surface area contributed by atoms with Gasteiger partial charge in [-0.1, -0.05) is 41.4 Å². The lowest BCUT2D eigenvalue weighted by atomic mass is 10.2. The summed E-state index contributed by atoms with van der Waals surface area (Å²) >= 11 is 12.2. The quantitative estimate of drug-likeness (QED) is 0.801. The van der Waals surface area contributed by atoms with Crippen LogP contribution in [0.1, 0.15) is 5.82 Å². The first kappa shape index (κ1) is 14.1. The van der Waals surface area contributed by atoms with Crippen molar-refractivity contribution >= 4 is 23.2 Å². The van der Waals surface area contributed by atoms with Gasteiger partial charge >= 0.3 is 0 Å².